The number of para-hydroxylation sites is 1. The van der Waals surface area contributed by atoms with Crippen LogP contribution in [-0.2, 0) is 6.54 Å². The Balaban J connectivity index is 1.87. The van der Waals surface area contributed by atoms with E-state index in [-0.39, 0.29) is 0 Å². The Bertz CT molecular complexity index is 497. The minimum atomic E-state index is 0.655. The number of benzene rings is 1. The van der Waals surface area contributed by atoms with Gasteiger partial charge in [-0.05, 0) is 58.4 Å². The lowest BCUT2D eigenvalue weighted by Gasteiger charge is -2.10. The van der Waals surface area contributed by atoms with Gasteiger partial charge in [0.15, 0.2) is 5.11 Å². The molecule has 0 bridgehead atoms. The van der Waals surface area contributed by atoms with E-state index >= 15 is 0 Å². The topological polar surface area (TPSA) is 24.1 Å². The first kappa shape index (κ1) is 12.8. The van der Waals surface area contributed by atoms with Crippen LogP contribution in [0.15, 0.2) is 41.8 Å². The second-order valence-electron chi connectivity index (χ2n) is 3.37. The Morgan fingerprint density at radius 3 is 2.76 bits per heavy atom. The van der Waals surface area contributed by atoms with E-state index in [0.717, 1.165) is 15.8 Å². The van der Waals surface area contributed by atoms with E-state index in [1.54, 1.807) is 11.3 Å². The van der Waals surface area contributed by atoms with Crippen LogP contribution in [0.2, 0.25) is 0 Å². The molecule has 2 N–H and O–H groups in total. The lowest BCUT2D eigenvalue weighted by Crippen LogP contribution is -2.27. The zero-order chi connectivity index (χ0) is 12.1. The van der Waals surface area contributed by atoms with E-state index in [4.69, 9.17) is 12.2 Å². The largest absolute Gasteiger partial charge is 0.358 e. The minimum absolute atomic E-state index is 0.655. The molecule has 0 aliphatic rings. The van der Waals surface area contributed by atoms with Crippen LogP contribution in [0.1, 0.15) is 4.88 Å². The van der Waals surface area contributed by atoms with Crippen molar-refractivity contribution in [2.24, 2.45) is 0 Å². The van der Waals surface area contributed by atoms with Crippen molar-refractivity contribution in [1.82, 2.24) is 5.32 Å². The molecule has 1 heterocycles. The Morgan fingerprint density at radius 2 is 2.06 bits per heavy atom. The molecule has 1 aromatic heterocycles. The number of anilines is 1. The van der Waals surface area contributed by atoms with Crippen LogP contribution in [0.4, 0.5) is 5.69 Å². The van der Waals surface area contributed by atoms with Crippen LogP contribution in [0, 0.1) is 3.57 Å². The van der Waals surface area contributed by atoms with Crippen LogP contribution in [0.3, 0.4) is 0 Å². The van der Waals surface area contributed by atoms with Crippen molar-refractivity contribution >= 4 is 56.9 Å². The fourth-order valence-electron chi connectivity index (χ4n) is 1.31. The first-order chi connectivity index (χ1) is 8.25. The van der Waals surface area contributed by atoms with E-state index in [0.29, 0.717) is 5.11 Å². The van der Waals surface area contributed by atoms with E-state index in [1.165, 1.54) is 4.88 Å². The van der Waals surface area contributed by atoms with Gasteiger partial charge in [0.25, 0.3) is 0 Å². The molecule has 0 fully saturated rings. The summed E-state index contributed by atoms with van der Waals surface area (Å²) in [7, 11) is 0. The quantitative estimate of drug-likeness (QED) is 0.631. The third-order valence-corrected chi connectivity index (χ3v) is 4.19. The van der Waals surface area contributed by atoms with Gasteiger partial charge in [0, 0.05) is 8.45 Å². The predicted octanol–water partition coefficient (Wildman–Crippen LogP) is 3.84. The Kier molecular flexibility index (Phi) is 4.75. The fraction of sp³-hybridized carbons (Fsp3) is 0.0833. The van der Waals surface area contributed by atoms with Gasteiger partial charge in [-0.15, -0.1) is 11.3 Å². The molecule has 0 saturated carbocycles. The number of halogens is 1. The summed E-state index contributed by atoms with van der Waals surface area (Å²) in [5.74, 6) is 0. The molecular formula is C12H11IN2S2. The van der Waals surface area contributed by atoms with Crippen LogP contribution >= 0.6 is 46.1 Å². The molecule has 17 heavy (non-hydrogen) atoms. The molecule has 88 valence electrons. The standard InChI is InChI=1S/C12H11IN2S2/c13-10-5-1-2-6-11(10)15-12(16)14-8-9-4-3-7-17-9/h1-7H,8H2,(H2,14,15,16). The highest BCUT2D eigenvalue weighted by Crippen LogP contribution is 2.16. The Labute approximate surface area is 124 Å². The molecule has 1 aromatic carbocycles. The summed E-state index contributed by atoms with van der Waals surface area (Å²) in [6.45, 7) is 0.771. The van der Waals surface area contributed by atoms with Crippen molar-refractivity contribution in [3.63, 3.8) is 0 Å². The van der Waals surface area contributed by atoms with E-state index in [2.05, 4.69) is 44.7 Å². The third kappa shape index (κ3) is 3.93. The summed E-state index contributed by atoms with van der Waals surface area (Å²) in [5.41, 5.74) is 1.04. The molecule has 5 heteroatoms. The minimum Gasteiger partial charge on any atom is -0.358 e. The summed E-state index contributed by atoms with van der Waals surface area (Å²) < 4.78 is 1.16. The number of thiophene rings is 1. The first-order valence-corrected chi connectivity index (χ1v) is 7.44. The number of hydrogen-bond donors (Lipinski definition) is 2. The molecule has 0 spiro atoms. The third-order valence-electron chi connectivity index (χ3n) is 2.13. The Morgan fingerprint density at radius 1 is 1.24 bits per heavy atom. The highest BCUT2D eigenvalue weighted by Gasteiger charge is 2.01. The maximum absolute atomic E-state index is 5.25. The molecule has 0 amide bonds. The fourth-order valence-corrected chi connectivity index (χ4v) is 2.66. The van der Waals surface area contributed by atoms with Crippen molar-refractivity contribution in [2.75, 3.05) is 5.32 Å². The lowest BCUT2D eigenvalue weighted by molar-refractivity contribution is 0.946. The van der Waals surface area contributed by atoms with Crippen molar-refractivity contribution in [3.8, 4) is 0 Å². The molecule has 0 atom stereocenters. The SMILES string of the molecule is S=C(NCc1cccs1)Nc1ccccc1I. The summed E-state index contributed by atoms with van der Waals surface area (Å²) in [5, 5.41) is 9.10. The highest BCUT2D eigenvalue weighted by molar-refractivity contribution is 14.1. The molecular weight excluding hydrogens is 363 g/mol. The van der Waals surface area contributed by atoms with Crippen LogP contribution < -0.4 is 10.6 Å². The van der Waals surface area contributed by atoms with Gasteiger partial charge in [0.1, 0.15) is 0 Å². The van der Waals surface area contributed by atoms with Gasteiger partial charge in [-0.1, -0.05) is 18.2 Å². The summed E-state index contributed by atoms with van der Waals surface area (Å²) in [4.78, 5) is 1.27. The molecule has 0 unspecified atom stereocenters. The maximum atomic E-state index is 5.25. The van der Waals surface area contributed by atoms with Crippen LogP contribution in [-0.4, -0.2) is 5.11 Å². The average molecular weight is 374 g/mol. The summed E-state index contributed by atoms with van der Waals surface area (Å²) in [6.07, 6.45) is 0. The normalized spacial score (nSPS) is 9.94. The highest BCUT2D eigenvalue weighted by atomic mass is 127. The summed E-state index contributed by atoms with van der Waals surface area (Å²) >= 11 is 9.26. The van der Waals surface area contributed by atoms with Crippen molar-refractivity contribution in [1.29, 1.82) is 0 Å². The van der Waals surface area contributed by atoms with Gasteiger partial charge < -0.3 is 10.6 Å². The summed E-state index contributed by atoms with van der Waals surface area (Å²) in [6, 6.07) is 12.2. The number of thiocarbonyl (C=S) groups is 1. The van der Waals surface area contributed by atoms with Gasteiger partial charge in [-0.3, -0.25) is 0 Å². The van der Waals surface area contributed by atoms with Gasteiger partial charge in [0.2, 0.25) is 0 Å². The lowest BCUT2D eigenvalue weighted by atomic mass is 10.3. The van der Waals surface area contributed by atoms with Crippen molar-refractivity contribution in [2.45, 2.75) is 6.54 Å². The molecule has 2 rings (SSSR count). The van der Waals surface area contributed by atoms with Crippen LogP contribution in [0.25, 0.3) is 0 Å². The van der Waals surface area contributed by atoms with Crippen LogP contribution in [0.5, 0.6) is 0 Å². The van der Waals surface area contributed by atoms with Gasteiger partial charge >= 0.3 is 0 Å². The van der Waals surface area contributed by atoms with Gasteiger partial charge in [-0.25, -0.2) is 0 Å². The maximum Gasteiger partial charge on any atom is 0.171 e. The smallest absolute Gasteiger partial charge is 0.171 e. The second kappa shape index (κ2) is 6.32. The zero-order valence-electron chi connectivity index (χ0n) is 8.94. The molecule has 0 saturated heterocycles. The predicted molar refractivity (Wildman–Crippen MR) is 86.5 cm³/mol. The van der Waals surface area contributed by atoms with Crippen molar-refractivity contribution < 1.29 is 0 Å². The van der Waals surface area contributed by atoms with Crippen molar-refractivity contribution in [3.05, 3.63) is 50.2 Å². The van der Waals surface area contributed by atoms with Gasteiger partial charge in [0.05, 0.1) is 12.2 Å². The zero-order valence-corrected chi connectivity index (χ0v) is 12.7. The number of hydrogen-bond acceptors (Lipinski definition) is 2. The molecule has 2 aromatic rings. The molecule has 0 radical (unpaired) electrons. The second-order valence-corrected chi connectivity index (χ2v) is 5.97. The molecule has 0 aliphatic carbocycles. The first-order valence-electron chi connectivity index (χ1n) is 5.07. The van der Waals surface area contributed by atoms with E-state index in [9.17, 15) is 0 Å². The monoisotopic (exact) mass is 374 g/mol. The number of rotatable bonds is 3. The number of nitrogens with one attached hydrogen (secondary N) is 2. The Hall–Kier alpha value is -0.660. The molecule has 0 aliphatic heterocycles. The molecule has 2 nitrogen and oxygen atoms in total. The van der Waals surface area contributed by atoms with E-state index in [1.807, 2.05) is 30.3 Å². The van der Waals surface area contributed by atoms with E-state index < -0.39 is 0 Å². The average Bonchev–Trinajstić information content (AvgIpc) is 2.82. The van der Waals surface area contributed by atoms with Gasteiger partial charge in [-0.2, -0.15) is 0 Å².